The molecule has 0 spiro atoms. The number of H-pyrrole nitrogens is 1. The minimum atomic E-state index is -0.367. The number of fused-ring (bicyclic) bond motifs is 3. The van der Waals surface area contributed by atoms with Crippen molar-refractivity contribution in [3.63, 3.8) is 0 Å². The molecule has 0 saturated heterocycles. The molecule has 2 N–H and O–H groups in total. The quantitative estimate of drug-likeness (QED) is 0.865. The first-order valence-electron chi connectivity index (χ1n) is 6.79. The molecule has 4 nitrogen and oxygen atoms in total. The van der Waals surface area contributed by atoms with Gasteiger partial charge in [-0.1, -0.05) is 12.1 Å². The Morgan fingerprint density at radius 3 is 2.89 bits per heavy atom. The summed E-state index contributed by atoms with van der Waals surface area (Å²) in [6.45, 7) is 4.19. The molecule has 2 aromatic rings. The fourth-order valence-corrected chi connectivity index (χ4v) is 2.74. The summed E-state index contributed by atoms with van der Waals surface area (Å²) >= 11 is 0. The van der Waals surface area contributed by atoms with E-state index in [9.17, 15) is 0 Å². The third kappa shape index (κ3) is 1.63. The van der Waals surface area contributed by atoms with Crippen LogP contribution in [-0.4, -0.2) is 16.2 Å². The summed E-state index contributed by atoms with van der Waals surface area (Å²) in [5, 5.41) is 11.1. The summed E-state index contributed by atoms with van der Waals surface area (Å²) in [5.74, 6) is 1.86. The van der Waals surface area contributed by atoms with Crippen LogP contribution in [0, 0.1) is 0 Å². The maximum Gasteiger partial charge on any atom is 0.155 e. The van der Waals surface area contributed by atoms with E-state index < -0.39 is 0 Å². The van der Waals surface area contributed by atoms with Crippen molar-refractivity contribution in [3.8, 4) is 17.0 Å². The number of hydrogen-bond acceptors (Lipinski definition) is 3. The van der Waals surface area contributed by atoms with Crippen molar-refractivity contribution in [1.29, 1.82) is 0 Å². The summed E-state index contributed by atoms with van der Waals surface area (Å²) in [4.78, 5) is 0. The summed E-state index contributed by atoms with van der Waals surface area (Å²) in [6, 6.07) is 8.69. The van der Waals surface area contributed by atoms with E-state index in [0.29, 0.717) is 6.04 Å². The van der Waals surface area contributed by atoms with E-state index in [1.54, 1.807) is 0 Å². The first-order chi connectivity index (χ1) is 9.15. The Labute approximate surface area is 112 Å². The normalized spacial score (nSPS) is 19.3. The lowest BCUT2D eigenvalue weighted by atomic mass is 9.91. The van der Waals surface area contributed by atoms with Gasteiger partial charge in [0.25, 0.3) is 0 Å². The van der Waals surface area contributed by atoms with Crippen molar-refractivity contribution in [3.05, 3.63) is 29.8 Å². The minimum Gasteiger partial charge on any atom is -0.482 e. The monoisotopic (exact) mass is 255 g/mol. The zero-order valence-electron chi connectivity index (χ0n) is 11.2. The van der Waals surface area contributed by atoms with E-state index in [-0.39, 0.29) is 5.60 Å². The highest BCUT2D eigenvalue weighted by Crippen LogP contribution is 2.47. The number of anilines is 1. The number of rotatable bonds is 2. The smallest absolute Gasteiger partial charge is 0.155 e. The molecule has 1 saturated carbocycles. The number of benzene rings is 1. The first kappa shape index (κ1) is 10.9. The van der Waals surface area contributed by atoms with Gasteiger partial charge in [-0.15, -0.1) is 0 Å². The molecule has 1 aromatic heterocycles. The largest absolute Gasteiger partial charge is 0.482 e. The molecule has 98 valence electrons. The van der Waals surface area contributed by atoms with Gasteiger partial charge in [0, 0.05) is 11.6 Å². The third-order valence-electron chi connectivity index (χ3n) is 3.81. The number of aromatic nitrogens is 2. The lowest BCUT2D eigenvalue weighted by Gasteiger charge is -2.33. The highest BCUT2D eigenvalue weighted by molar-refractivity contribution is 5.77. The summed E-state index contributed by atoms with van der Waals surface area (Å²) in [5.41, 5.74) is 2.94. The zero-order valence-corrected chi connectivity index (χ0v) is 11.2. The second kappa shape index (κ2) is 3.53. The maximum absolute atomic E-state index is 6.15. The Morgan fingerprint density at radius 2 is 2.11 bits per heavy atom. The number of hydrogen-bond donors (Lipinski definition) is 2. The van der Waals surface area contributed by atoms with Crippen molar-refractivity contribution in [1.82, 2.24) is 10.2 Å². The van der Waals surface area contributed by atoms with E-state index in [1.165, 1.54) is 12.8 Å². The Kier molecular flexibility index (Phi) is 2.03. The van der Waals surface area contributed by atoms with Crippen LogP contribution in [0.5, 0.6) is 5.75 Å². The Bertz CT molecular complexity index is 641. The Hall–Kier alpha value is -1.97. The molecule has 1 fully saturated rings. The van der Waals surface area contributed by atoms with Gasteiger partial charge in [0.05, 0.1) is 11.3 Å². The summed E-state index contributed by atoms with van der Waals surface area (Å²) < 4.78 is 6.15. The van der Waals surface area contributed by atoms with Gasteiger partial charge in [0.2, 0.25) is 0 Å². The number of para-hydroxylation sites is 1. The number of nitrogens with zero attached hydrogens (tertiary/aromatic N) is 1. The van der Waals surface area contributed by atoms with Gasteiger partial charge in [-0.2, -0.15) is 5.10 Å². The van der Waals surface area contributed by atoms with Crippen LogP contribution in [0.3, 0.4) is 0 Å². The average molecular weight is 255 g/mol. The topological polar surface area (TPSA) is 49.9 Å². The molecule has 19 heavy (non-hydrogen) atoms. The lowest BCUT2D eigenvalue weighted by Crippen LogP contribution is -2.29. The fourth-order valence-electron chi connectivity index (χ4n) is 2.74. The lowest BCUT2D eigenvalue weighted by molar-refractivity contribution is 0.106. The molecule has 0 bridgehead atoms. The predicted octanol–water partition coefficient (Wildman–Crippen LogP) is 3.28. The molecule has 2 heterocycles. The summed E-state index contributed by atoms with van der Waals surface area (Å²) in [6.07, 6.45) is 2.47. The molecule has 2 aliphatic rings. The molecule has 1 aliphatic heterocycles. The van der Waals surface area contributed by atoms with Gasteiger partial charge in [0.1, 0.15) is 11.4 Å². The molecular weight excluding hydrogens is 238 g/mol. The van der Waals surface area contributed by atoms with Crippen LogP contribution >= 0.6 is 0 Å². The van der Waals surface area contributed by atoms with Crippen molar-refractivity contribution in [2.75, 3.05) is 5.32 Å². The maximum atomic E-state index is 6.15. The summed E-state index contributed by atoms with van der Waals surface area (Å²) in [7, 11) is 0. The van der Waals surface area contributed by atoms with Gasteiger partial charge in [-0.25, -0.2) is 0 Å². The van der Waals surface area contributed by atoms with Crippen molar-refractivity contribution in [2.24, 2.45) is 0 Å². The van der Waals surface area contributed by atoms with Gasteiger partial charge < -0.3 is 10.1 Å². The highest BCUT2D eigenvalue weighted by Gasteiger charge is 2.38. The van der Waals surface area contributed by atoms with Crippen LogP contribution < -0.4 is 10.1 Å². The number of ether oxygens (including phenoxy) is 1. The van der Waals surface area contributed by atoms with Gasteiger partial charge in [-0.3, -0.25) is 5.10 Å². The Balaban J connectivity index is 1.89. The standard InChI is InChI=1S/C15H17N3O/c1-15(2)12-13(10-5-3-4-6-11(10)19-15)17-18-14(12)16-9-7-8-9/h3-6,9H,7-8H2,1-2H3,(H2,16,17,18). The van der Waals surface area contributed by atoms with Gasteiger partial charge in [0.15, 0.2) is 5.82 Å². The predicted molar refractivity (Wildman–Crippen MR) is 74.3 cm³/mol. The van der Waals surface area contributed by atoms with E-state index in [2.05, 4.69) is 35.4 Å². The van der Waals surface area contributed by atoms with E-state index in [4.69, 9.17) is 4.74 Å². The number of nitrogens with one attached hydrogen (secondary N) is 2. The van der Waals surface area contributed by atoms with Crippen molar-refractivity contribution >= 4 is 5.82 Å². The van der Waals surface area contributed by atoms with Crippen LogP contribution in [0.1, 0.15) is 32.3 Å². The second-order valence-electron chi connectivity index (χ2n) is 5.85. The van der Waals surface area contributed by atoms with Crippen molar-refractivity contribution in [2.45, 2.75) is 38.3 Å². The molecule has 0 atom stereocenters. The first-order valence-corrected chi connectivity index (χ1v) is 6.79. The third-order valence-corrected chi connectivity index (χ3v) is 3.81. The van der Waals surface area contributed by atoms with Crippen LogP contribution in [0.4, 0.5) is 5.82 Å². The molecule has 0 radical (unpaired) electrons. The Morgan fingerprint density at radius 1 is 1.32 bits per heavy atom. The van der Waals surface area contributed by atoms with Crippen molar-refractivity contribution < 1.29 is 4.74 Å². The van der Waals surface area contributed by atoms with Gasteiger partial charge >= 0.3 is 0 Å². The van der Waals surface area contributed by atoms with Gasteiger partial charge in [-0.05, 0) is 38.8 Å². The molecular formula is C15H17N3O. The minimum absolute atomic E-state index is 0.367. The number of aromatic amines is 1. The van der Waals surface area contributed by atoms with Crippen LogP contribution in [0.2, 0.25) is 0 Å². The second-order valence-corrected chi connectivity index (χ2v) is 5.85. The molecule has 0 amide bonds. The van der Waals surface area contributed by atoms with E-state index in [0.717, 1.165) is 28.4 Å². The molecule has 4 heteroatoms. The molecule has 1 aliphatic carbocycles. The van der Waals surface area contributed by atoms with E-state index in [1.807, 2.05) is 18.2 Å². The molecule has 1 aromatic carbocycles. The molecule has 0 unspecified atom stereocenters. The SMILES string of the molecule is CC1(C)Oc2ccccc2-c2[nH]nc(NC3CC3)c21. The highest BCUT2D eigenvalue weighted by atomic mass is 16.5. The molecule has 4 rings (SSSR count). The van der Waals surface area contributed by atoms with Crippen LogP contribution in [0.15, 0.2) is 24.3 Å². The average Bonchev–Trinajstić information content (AvgIpc) is 3.06. The zero-order chi connectivity index (χ0) is 13.0. The van der Waals surface area contributed by atoms with E-state index >= 15 is 0 Å². The van der Waals surface area contributed by atoms with Crippen LogP contribution in [0.25, 0.3) is 11.3 Å². The van der Waals surface area contributed by atoms with Crippen LogP contribution in [-0.2, 0) is 5.60 Å². The fraction of sp³-hybridized carbons (Fsp3) is 0.400.